The predicted molar refractivity (Wildman–Crippen MR) is 93.6 cm³/mol. The molecule has 8 nitrogen and oxygen atoms in total. The highest BCUT2D eigenvalue weighted by atomic mass is 32.1. The number of carbonyl (C=O) groups excluding carboxylic acids is 2. The van der Waals surface area contributed by atoms with Gasteiger partial charge in [0.1, 0.15) is 5.69 Å². The molecule has 2 amide bonds. The molecule has 0 saturated carbocycles. The van der Waals surface area contributed by atoms with E-state index < -0.39 is 0 Å². The van der Waals surface area contributed by atoms with Gasteiger partial charge in [-0.15, -0.1) is 16.4 Å². The molecule has 3 heterocycles. The van der Waals surface area contributed by atoms with E-state index in [1.807, 2.05) is 18.7 Å². The Morgan fingerprint density at radius 3 is 2.56 bits per heavy atom. The van der Waals surface area contributed by atoms with Crippen molar-refractivity contribution in [2.75, 3.05) is 26.2 Å². The Kier molecular flexibility index (Phi) is 5.42. The minimum absolute atomic E-state index is 0.0179. The van der Waals surface area contributed by atoms with Gasteiger partial charge < -0.3 is 9.80 Å². The molecule has 134 valence electrons. The largest absolute Gasteiger partial charge is 0.338 e. The van der Waals surface area contributed by atoms with Crippen LogP contribution in [0.15, 0.2) is 17.1 Å². The second-order valence-electron chi connectivity index (χ2n) is 5.96. The van der Waals surface area contributed by atoms with Crippen molar-refractivity contribution in [3.05, 3.63) is 28.5 Å². The minimum Gasteiger partial charge on any atom is -0.338 e. The maximum absolute atomic E-state index is 12.3. The van der Waals surface area contributed by atoms with E-state index in [1.165, 1.54) is 11.3 Å². The van der Waals surface area contributed by atoms with Gasteiger partial charge in [0, 0.05) is 31.6 Å². The average Bonchev–Trinajstić information content (AvgIpc) is 3.34. The molecule has 1 fully saturated rings. The first-order chi connectivity index (χ1) is 12.1. The lowest BCUT2D eigenvalue weighted by Gasteiger charge is -2.31. The number of nitrogens with zero attached hydrogens (tertiary/aromatic N) is 6. The molecule has 9 heteroatoms. The quantitative estimate of drug-likeness (QED) is 0.808. The van der Waals surface area contributed by atoms with Gasteiger partial charge in [-0.05, 0) is 26.7 Å². The summed E-state index contributed by atoms with van der Waals surface area (Å²) in [5.74, 6) is -0.108. The highest BCUT2D eigenvalue weighted by molar-refractivity contribution is 7.07. The third-order valence-corrected chi connectivity index (χ3v) is 5.14. The lowest BCUT2D eigenvalue weighted by atomic mass is 10.1. The number of carbonyl (C=O) groups is 2. The lowest BCUT2D eigenvalue weighted by molar-refractivity contribution is 0.0684. The Morgan fingerprint density at radius 2 is 1.96 bits per heavy atom. The summed E-state index contributed by atoms with van der Waals surface area (Å²) in [5, 5.41) is 9.95. The smallest absolute Gasteiger partial charge is 0.276 e. The fraction of sp³-hybridized carbons (Fsp3) is 0.562. The number of likely N-dealkylation sites (tertiary alicyclic amines) is 1. The van der Waals surface area contributed by atoms with E-state index >= 15 is 0 Å². The fourth-order valence-corrected chi connectivity index (χ4v) is 3.57. The third kappa shape index (κ3) is 3.71. The molecular weight excluding hydrogens is 340 g/mol. The number of rotatable bonds is 5. The predicted octanol–water partition coefficient (Wildman–Crippen LogP) is 1.69. The van der Waals surface area contributed by atoms with Crippen molar-refractivity contribution in [3.8, 4) is 0 Å². The zero-order valence-electron chi connectivity index (χ0n) is 14.5. The number of hydrogen-bond acceptors (Lipinski definition) is 6. The SMILES string of the molecule is CCN(CC)C(=O)c1cn(C2CCN(C(=O)c3cscn3)CC2)nn1. The summed E-state index contributed by atoms with van der Waals surface area (Å²) < 4.78 is 1.77. The van der Waals surface area contributed by atoms with Crippen LogP contribution >= 0.6 is 11.3 Å². The van der Waals surface area contributed by atoms with Crippen LogP contribution in [0.1, 0.15) is 53.7 Å². The van der Waals surface area contributed by atoms with E-state index in [0.29, 0.717) is 37.6 Å². The van der Waals surface area contributed by atoms with Crippen molar-refractivity contribution < 1.29 is 9.59 Å². The fourth-order valence-electron chi connectivity index (χ4n) is 3.04. The van der Waals surface area contributed by atoms with E-state index in [-0.39, 0.29) is 17.9 Å². The summed E-state index contributed by atoms with van der Waals surface area (Å²) >= 11 is 1.42. The van der Waals surface area contributed by atoms with E-state index in [1.54, 1.807) is 26.7 Å². The summed E-state index contributed by atoms with van der Waals surface area (Å²) in [6.07, 6.45) is 3.31. The summed E-state index contributed by atoms with van der Waals surface area (Å²) in [4.78, 5) is 32.3. The Hall–Kier alpha value is -2.29. The van der Waals surface area contributed by atoms with E-state index in [0.717, 1.165) is 12.8 Å². The van der Waals surface area contributed by atoms with Gasteiger partial charge in [0.2, 0.25) is 0 Å². The Morgan fingerprint density at radius 1 is 1.24 bits per heavy atom. The summed E-state index contributed by atoms with van der Waals surface area (Å²) in [5.41, 5.74) is 2.56. The van der Waals surface area contributed by atoms with Crippen molar-refractivity contribution in [1.29, 1.82) is 0 Å². The maximum Gasteiger partial charge on any atom is 0.276 e. The molecule has 2 aromatic heterocycles. The second-order valence-corrected chi connectivity index (χ2v) is 6.68. The van der Waals surface area contributed by atoms with Crippen LogP contribution in [0.2, 0.25) is 0 Å². The van der Waals surface area contributed by atoms with Gasteiger partial charge in [-0.1, -0.05) is 5.21 Å². The summed E-state index contributed by atoms with van der Waals surface area (Å²) in [6, 6.07) is 0.158. The van der Waals surface area contributed by atoms with Gasteiger partial charge in [0.15, 0.2) is 5.69 Å². The van der Waals surface area contributed by atoms with Crippen LogP contribution < -0.4 is 0 Å². The molecule has 1 aliphatic heterocycles. The van der Waals surface area contributed by atoms with Crippen molar-refractivity contribution in [3.63, 3.8) is 0 Å². The summed E-state index contributed by atoms with van der Waals surface area (Å²) in [7, 11) is 0. The van der Waals surface area contributed by atoms with Crippen LogP contribution in [0.5, 0.6) is 0 Å². The Bertz CT molecular complexity index is 717. The first-order valence-electron chi connectivity index (χ1n) is 8.52. The highest BCUT2D eigenvalue weighted by Gasteiger charge is 2.27. The van der Waals surface area contributed by atoms with Crippen LogP contribution in [0.25, 0.3) is 0 Å². The van der Waals surface area contributed by atoms with Crippen LogP contribution in [-0.2, 0) is 0 Å². The molecular formula is C16H22N6O2S. The monoisotopic (exact) mass is 362 g/mol. The number of amides is 2. The molecule has 0 aliphatic carbocycles. The van der Waals surface area contributed by atoms with Gasteiger partial charge in [0.05, 0.1) is 17.7 Å². The first kappa shape index (κ1) is 17.5. The minimum atomic E-state index is -0.0904. The number of thiazole rings is 1. The normalized spacial score (nSPS) is 15.4. The van der Waals surface area contributed by atoms with Gasteiger partial charge in [0.25, 0.3) is 11.8 Å². The van der Waals surface area contributed by atoms with Crippen molar-refractivity contribution in [2.24, 2.45) is 0 Å². The Balaban J connectivity index is 1.60. The topological polar surface area (TPSA) is 84.2 Å². The molecule has 1 saturated heterocycles. The van der Waals surface area contributed by atoms with Gasteiger partial charge in [-0.3, -0.25) is 9.59 Å². The molecule has 0 bridgehead atoms. The molecule has 25 heavy (non-hydrogen) atoms. The molecule has 0 unspecified atom stereocenters. The number of hydrogen-bond donors (Lipinski definition) is 0. The first-order valence-corrected chi connectivity index (χ1v) is 9.46. The highest BCUT2D eigenvalue weighted by Crippen LogP contribution is 2.23. The molecule has 3 rings (SSSR count). The van der Waals surface area contributed by atoms with E-state index in [4.69, 9.17) is 0 Å². The zero-order valence-corrected chi connectivity index (χ0v) is 15.3. The van der Waals surface area contributed by atoms with Gasteiger partial charge >= 0.3 is 0 Å². The maximum atomic E-state index is 12.3. The molecule has 0 atom stereocenters. The van der Waals surface area contributed by atoms with E-state index in [9.17, 15) is 9.59 Å². The third-order valence-electron chi connectivity index (χ3n) is 4.56. The van der Waals surface area contributed by atoms with Gasteiger partial charge in [-0.2, -0.15) is 0 Å². The lowest BCUT2D eigenvalue weighted by Crippen LogP contribution is -2.39. The molecule has 0 N–H and O–H groups in total. The van der Waals surface area contributed by atoms with Gasteiger partial charge in [-0.25, -0.2) is 9.67 Å². The summed E-state index contributed by atoms with van der Waals surface area (Å²) in [6.45, 7) is 6.50. The van der Waals surface area contributed by atoms with Crippen molar-refractivity contribution in [2.45, 2.75) is 32.7 Å². The zero-order chi connectivity index (χ0) is 17.8. The molecule has 0 spiro atoms. The average molecular weight is 362 g/mol. The van der Waals surface area contributed by atoms with Crippen molar-refractivity contribution >= 4 is 23.2 Å². The molecule has 0 aromatic carbocycles. The standard InChI is InChI=1S/C16H22N6O2S/c1-3-20(4-2)15(23)13-9-22(19-18-13)12-5-7-21(8-6-12)16(24)14-10-25-11-17-14/h9-12H,3-8H2,1-2H3. The van der Waals surface area contributed by atoms with Crippen LogP contribution in [-0.4, -0.2) is 67.8 Å². The van der Waals surface area contributed by atoms with E-state index in [2.05, 4.69) is 15.3 Å². The molecule has 1 aliphatic rings. The number of piperidine rings is 1. The van der Waals surface area contributed by atoms with Crippen LogP contribution in [0.3, 0.4) is 0 Å². The second kappa shape index (κ2) is 7.73. The molecule has 2 aromatic rings. The van der Waals surface area contributed by atoms with Crippen molar-refractivity contribution in [1.82, 2.24) is 29.8 Å². The number of aromatic nitrogens is 4. The molecule has 0 radical (unpaired) electrons. The van der Waals surface area contributed by atoms with Crippen LogP contribution in [0, 0.1) is 0 Å². The van der Waals surface area contributed by atoms with Crippen LogP contribution in [0.4, 0.5) is 0 Å². The Labute approximate surface area is 150 Å².